The Labute approximate surface area is 122 Å². The van der Waals surface area contributed by atoms with Crippen molar-refractivity contribution in [3.05, 3.63) is 44.6 Å². The minimum atomic E-state index is -0.368. The van der Waals surface area contributed by atoms with Crippen molar-refractivity contribution in [3.63, 3.8) is 0 Å². The van der Waals surface area contributed by atoms with Crippen LogP contribution in [0.4, 0.5) is 10.1 Å². The van der Waals surface area contributed by atoms with Crippen LogP contribution >= 0.6 is 27.3 Å². The lowest BCUT2D eigenvalue weighted by molar-refractivity contribution is 0.0980. The summed E-state index contributed by atoms with van der Waals surface area (Å²) in [4.78, 5) is 17.9. The van der Waals surface area contributed by atoms with E-state index in [1.807, 2.05) is 6.07 Å². The fraction of sp³-hybridized carbons (Fsp3) is 0.231. The lowest BCUT2D eigenvalue weighted by atomic mass is 10.0. The summed E-state index contributed by atoms with van der Waals surface area (Å²) < 4.78 is 14.8. The maximum Gasteiger partial charge on any atom is 0.277 e. The van der Waals surface area contributed by atoms with Gasteiger partial charge in [0, 0.05) is 16.4 Å². The predicted octanol–water partition coefficient (Wildman–Crippen LogP) is 3.64. The second kappa shape index (κ2) is 5.02. The molecule has 1 aromatic carbocycles. The van der Waals surface area contributed by atoms with Crippen molar-refractivity contribution in [2.75, 3.05) is 11.4 Å². The summed E-state index contributed by atoms with van der Waals surface area (Å²) >= 11 is 4.64. The van der Waals surface area contributed by atoms with Gasteiger partial charge in [-0.05, 0) is 30.5 Å². The van der Waals surface area contributed by atoms with Crippen LogP contribution in [0.15, 0.2) is 27.5 Å². The third-order valence-corrected chi connectivity index (χ3v) is 4.15. The zero-order chi connectivity index (χ0) is 13.4. The van der Waals surface area contributed by atoms with E-state index in [2.05, 4.69) is 20.9 Å². The van der Waals surface area contributed by atoms with Crippen molar-refractivity contribution in [2.45, 2.75) is 12.8 Å². The molecule has 19 heavy (non-hydrogen) atoms. The molecule has 0 aliphatic carbocycles. The van der Waals surface area contributed by atoms with Gasteiger partial charge < -0.3 is 4.90 Å². The number of anilines is 1. The van der Waals surface area contributed by atoms with Gasteiger partial charge in [-0.1, -0.05) is 15.9 Å². The number of hydrogen-bond acceptors (Lipinski definition) is 3. The summed E-state index contributed by atoms with van der Waals surface area (Å²) in [6.07, 6.45) is 1.62. The van der Waals surface area contributed by atoms with E-state index in [4.69, 9.17) is 0 Å². The summed E-state index contributed by atoms with van der Waals surface area (Å²) in [6.45, 7) is 0.530. The molecule has 0 fully saturated rings. The first-order chi connectivity index (χ1) is 9.16. The molecule has 6 heteroatoms. The maximum absolute atomic E-state index is 14.1. The molecule has 2 heterocycles. The van der Waals surface area contributed by atoms with E-state index < -0.39 is 0 Å². The van der Waals surface area contributed by atoms with Crippen LogP contribution in [0, 0.1) is 5.82 Å². The number of amides is 1. The first-order valence-corrected chi connectivity index (χ1v) is 7.58. The van der Waals surface area contributed by atoms with Crippen LogP contribution in [-0.2, 0) is 6.42 Å². The van der Waals surface area contributed by atoms with E-state index in [9.17, 15) is 9.18 Å². The quantitative estimate of drug-likeness (QED) is 0.794. The van der Waals surface area contributed by atoms with E-state index in [1.165, 1.54) is 22.3 Å². The summed E-state index contributed by atoms with van der Waals surface area (Å²) in [5.74, 6) is -0.601. The van der Waals surface area contributed by atoms with E-state index in [0.29, 0.717) is 22.4 Å². The summed E-state index contributed by atoms with van der Waals surface area (Å²) in [5.41, 5.74) is 3.24. The Morgan fingerprint density at radius 1 is 1.47 bits per heavy atom. The zero-order valence-corrected chi connectivity index (χ0v) is 12.3. The molecular formula is C13H10BrFN2OS. The van der Waals surface area contributed by atoms with Crippen molar-refractivity contribution in [3.8, 4) is 0 Å². The number of fused-ring (bicyclic) bond motifs is 1. The van der Waals surface area contributed by atoms with Gasteiger partial charge in [-0.2, -0.15) is 0 Å². The molecule has 0 N–H and O–H groups in total. The normalized spacial score (nSPS) is 14.3. The van der Waals surface area contributed by atoms with Crippen molar-refractivity contribution in [1.29, 1.82) is 0 Å². The average Bonchev–Trinajstić information content (AvgIpc) is 2.90. The van der Waals surface area contributed by atoms with Crippen LogP contribution in [0.25, 0.3) is 0 Å². The van der Waals surface area contributed by atoms with E-state index in [-0.39, 0.29) is 11.7 Å². The minimum Gasteiger partial charge on any atom is -0.304 e. The number of aryl methyl sites for hydroxylation is 1. The van der Waals surface area contributed by atoms with Gasteiger partial charge in [0.2, 0.25) is 0 Å². The van der Waals surface area contributed by atoms with Crippen molar-refractivity contribution < 1.29 is 9.18 Å². The topological polar surface area (TPSA) is 33.2 Å². The molecule has 0 radical (unpaired) electrons. The number of carbonyl (C=O) groups excluding carboxylic acids is 1. The highest BCUT2D eigenvalue weighted by molar-refractivity contribution is 9.10. The third kappa shape index (κ3) is 2.30. The third-order valence-electron chi connectivity index (χ3n) is 3.10. The largest absolute Gasteiger partial charge is 0.304 e. The van der Waals surface area contributed by atoms with Crippen LogP contribution in [0.5, 0.6) is 0 Å². The molecule has 3 nitrogen and oxygen atoms in total. The highest BCUT2D eigenvalue weighted by Gasteiger charge is 2.27. The van der Waals surface area contributed by atoms with E-state index >= 15 is 0 Å². The first kappa shape index (κ1) is 12.7. The molecule has 1 aromatic heterocycles. The molecule has 98 valence electrons. The molecule has 2 aromatic rings. The Morgan fingerprint density at radius 2 is 2.32 bits per heavy atom. The fourth-order valence-corrected chi connectivity index (χ4v) is 3.31. The lowest BCUT2D eigenvalue weighted by Crippen LogP contribution is -2.36. The summed E-state index contributed by atoms with van der Waals surface area (Å²) in [5, 5.41) is 1.69. The Bertz CT molecular complexity index is 630. The number of halogens is 2. The molecule has 0 saturated carbocycles. The Kier molecular flexibility index (Phi) is 3.36. The number of thiazole rings is 1. The molecule has 1 aliphatic heterocycles. The van der Waals surface area contributed by atoms with Gasteiger partial charge in [0.25, 0.3) is 5.91 Å². The molecule has 0 unspecified atom stereocenters. The van der Waals surface area contributed by atoms with Gasteiger partial charge in [0.05, 0.1) is 11.2 Å². The van der Waals surface area contributed by atoms with Gasteiger partial charge in [-0.25, -0.2) is 9.37 Å². The predicted molar refractivity (Wildman–Crippen MR) is 76.2 cm³/mol. The van der Waals surface area contributed by atoms with Gasteiger partial charge in [-0.3, -0.25) is 4.79 Å². The Morgan fingerprint density at radius 3 is 3.05 bits per heavy atom. The smallest absolute Gasteiger partial charge is 0.277 e. The molecule has 1 amide bonds. The highest BCUT2D eigenvalue weighted by Crippen LogP contribution is 2.33. The maximum atomic E-state index is 14.1. The Balaban J connectivity index is 2.05. The summed E-state index contributed by atoms with van der Waals surface area (Å²) in [6, 6.07) is 3.27. The van der Waals surface area contributed by atoms with Crippen molar-refractivity contribution >= 4 is 38.9 Å². The highest BCUT2D eigenvalue weighted by atomic mass is 79.9. The molecule has 3 rings (SSSR count). The molecular weight excluding hydrogens is 331 g/mol. The molecule has 0 bridgehead atoms. The number of nitrogens with zero attached hydrogens (tertiary/aromatic N) is 2. The first-order valence-electron chi connectivity index (χ1n) is 5.85. The van der Waals surface area contributed by atoms with Gasteiger partial charge in [-0.15, -0.1) is 11.3 Å². The molecule has 0 atom stereocenters. The second-order valence-electron chi connectivity index (χ2n) is 4.33. The SMILES string of the molecule is O=C(c1cscn1)N1CCCc2cc(Br)cc(F)c21. The van der Waals surface area contributed by atoms with Crippen molar-refractivity contribution in [2.24, 2.45) is 0 Å². The van der Waals surface area contributed by atoms with Crippen molar-refractivity contribution in [1.82, 2.24) is 4.98 Å². The van der Waals surface area contributed by atoms with E-state index in [1.54, 1.807) is 10.9 Å². The second-order valence-corrected chi connectivity index (χ2v) is 5.96. The Hall–Kier alpha value is -1.27. The number of hydrogen-bond donors (Lipinski definition) is 0. The van der Waals surface area contributed by atoms with Gasteiger partial charge in [0.15, 0.2) is 0 Å². The van der Waals surface area contributed by atoms with Crippen LogP contribution in [0.2, 0.25) is 0 Å². The summed E-state index contributed by atoms with van der Waals surface area (Å²) in [7, 11) is 0. The van der Waals surface area contributed by atoms with E-state index in [0.717, 1.165) is 18.4 Å². The van der Waals surface area contributed by atoms with Gasteiger partial charge in [0.1, 0.15) is 11.5 Å². The molecule has 0 spiro atoms. The zero-order valence-electron chi connectivity index (χ0n) is 9.90. The lowest BCUT2D eigenvalue weighted by Gasteiger charge is -2.29. The van der Waals surface area contributed by atoms with Crippen LogP contribution in [0.3, 0.4) is 0 Å². The standard InChI is InChI=1S/C13H10BrFN2OS/c14-9-4-8-2-1-3-17(12(8)10(15)5-9)13(18)11-6-19-7-16-11/h4-7H,1-3H2. The monoisotopic (exact) mass is 340 g/mol. The minimum absolute atomic E-state index is 0.233. The number of rotatable bonds is 1. The molecule has 0 saturated heterocycles. The van der Waals surface area contributed by atoms with Crippen LogP contribution < -0.4 is 4.90 Å². The number of carbonyl (C=O) groups is 1. The average molecular weight is 341 g/mol. The fourth-order valence-electron chi connectivity index (χ4n) is 2.31. The number of aromatic nitrogens is 1. The number of benzene rings is 1. The van der Waals surface area contributed by atoms with Crippen LogP contribution in [-0.4, -0.2) is 17.4 Å². The molecule has 1 aliphatic rings. The van der Waals surface area contributed by atoms with Gasteiger partial charge >= 0.3 is 0 Å². The van der Waals surface area contributed by atoms with Crippen LogP contribution in [0.1, 0.15) is 22.5 Å².